The van der Waals surface area contributed by atoms with Gasteiger partial charge in [0, 0.05) is 23.6 Å². The molecule has 0 aliphatic heterocycles. The van der Waals surface area contributed by atoms with Gasteiger partial charge in [-0.15, -0.1) is 11.3 Å². The van der Waals surface area contributed by atoms with E-state index in [2.05, 4.69) is 21.5 Å². The number of nitrogens with one attached hydrogen (secondary N) is 1. The Bertz CT molecular complexity index is 1490. The Morgan fingerprint density at radius 3 is 2.61 bits per heavy atom. The van der Waals surface area contributed by atoms with Crippen molar-refractivity contribution < 1.29 is 22.7 Å². The quantitative estimate of drug-likeness (QED) is 0.409. The van der Waals surface area contributed by atoms with Crippen molar-refractivity contribution in [3.8, 4) is 11.8 Å². The number of carboxylic acid groups (broad SMARTS) is 1. The van der Waals surface area contributed by atoms with E-state index in [1.807, 2.05) is 24.3 Å². The maximum Gasteiger partial charge on any atom is 0.322 e. The van der Waals surface area contributed by atoms with E-state index >= 15 is 0 Å². The molecule has 9 heteroatoms. The Kier molecular flexibility index (Phi) is 6.51. The average molecular weight is 481 g/mol. The highest BCUT2D eigenvalue weighted by atomic mass is 32.2. The highest BCUT2D eigenvalue weighted by molar-refractivity contribution is 7.91. The molecule has 2 aromatic heterocycles. The van der Waals surface area contributed by atoms with Crippen LogP contribution in [0.4, 0.5) is 4.39 Å². The maximum absolute atomic E-state index is 13.0. The number of hydrogen-bond acceptors (Lipinski definition) is 5. The van der Waals surface area contributed by atoms with Gasteiger partial charge in [-0.1, -0.05) is 30.0 Å². The monoisotopic (exact) mass is 480 g/mol. The molecule has 2 aromatic carbocycles. The summed E-state index contributed by atoms with van der Waals surface area (Å²) in [5, 5.41) is 10.4. The van der Waals surface area contributed by atoms with Gasteiger partial charge >= 0.3 is 5.97 Å². The number of thiophene rings is 1. The Morgan fingerprint density at radius 1 is 1.09 bits per heavy atom. The molecule has 0 unspecified atom stereocenters. The van der Waals surface area contributed by atoms with Crippen LogP contribution < -0.4 is 4.72 Å². The number of sulfonamides is 1. The standard InChI is InChI=1S/C24H17FN2O4S2/c25-19-8-5-16(6-9-19)7-10-20-11-12-23(32-20)33(30,31)27-22(24(28)29)14-17-13-18-3-1-2-4-21(18)26-15-17/h1-6,8-9,11-13,15,22,27H,14H2,(H,28,29)/t22-/m1/s1. The number of pyridine rings is 1. The number of benzene rings is 2. The molecule has 2 heterocycles. The van der Waals surface area contributed by atoms with Crippen LogP contribution in [0.3, 0.4) is 0 Å². The molecule has 4 aromatic rings. The molecule has 0 saturated heterocycles. The lowest BCUT2D eigenvalue weighted by molar-refractivity contribution is -0.138. The summed E-state index contributed by atoms with van der Waals surface area (Å²) in [6, 6.07) is 16.3. The molecule has 0 aliphatic carbocycles. The largest absolute Gasteiger partial charge is 0.480 e. The van der Waals surface area contributed by atoms with Crippen molar-refractivity contribution >= 4 is 38.2 Å². The first-order chi connectivity index (χ1) is 15.8. The van der Waals surface area contributed by atoms with Crippen LogP contribution >= 0.6 is 11.3 Å². The zero-order valence-electron chi connectivity index (χ0n) is 17.0. The van der Waals surface area contributed by atoms with Crippen molar-refractivity contribution in [2.45, 2.75) is 16.7 Å². The summed E-state index contributed by atoms with van der Waals surface area (Å²) < 4.78 is 40.8. The van der Waals surface area contributed by atoms with Gasteiger partial charge in [-0.25, -0.2) is 12.8 Å². The van der Waals surface area contributed by atoms with Crippen molar-refractivity contribution in [1.82, 2.24) is 9.71 Å². The number of hydrogen-bond donors (Lipinski definition) is 2. The summed E-state index contributed by atoms with van der Waals surface area (Å²) in [5.41, 5.74) is 1.95. The summed E-state index contributed by atoms with van der Waals surface area (Å²) in [6.07, 6.45) is 1.48. The van der Waals surface area contributed by atoms with E-state index in [1.54, 1.807) is 18.3 Å². The van der Waals surface area contributed by atoms with Gasteiger partial charge in [-0.3, -0.25) is 9.78 Å². The van der Waals surface area contributed by atoms with Crippen LogP contribution in [-0.2, 0) is 21.2 Å². The number of nitrogens with zero attached hydrogens (tertiary/aromatic N) is 1. The van der Waals surface area contributed by atoms with E-state index in [4.69, 9.17) is 0 Å². The smallest absolute Gasteiger partial charge is 0.322 e. The number of halogens is 1. The summed E-state index contributed by atoms with van der Waals surface area (Å²) in [4.78, 5) is 16.5. The van der Waals surface area contributed by atoms with E-state index in [0.29, 0.717) is 16.0 Å². The van der Waals surface area contributed by atoms with Crippen LogP contribution in [0.2, 0.25) is 0 Å². The molecule has 2 N–H and O–H groups in total. The third-order valence-electron chi connectivity index (χ3n) is 4.70. The minimum absolute atomic E-state index is 0.0474. The molecule has 166 valence electrons. The number of aliphatic carboxylic acids is 1. The predicted octanol–water partition coefficient (Wildman–Crippen LogP) is 3.81. The van der Waals surface area contributed by atoms with Gasteiger partial charge in [-0.05, 0) is 54.1 Å². The van der Waals surface area contributed by atoms with Gasteiger partial charge in [0.05, 0.1) is 10.4 Å². The van der Waals surface area contributed by atoms with Crippen molar-refractivity contribution in [3.05, 3.63) is 94.7 Å². The second kappa shape index (κ2) is 9.50. The number of fused-ring (bicyclic) bond motifs is 1. The van der Waals surface area contributed by atoms with Crippen LogP contribution in [0, 0.1) is 17.7 Å². The van der Waals surface area contributed by atoms with Crippen LogP contribution in [0.1, 0.15) is 16.0 Å². The molecule has 6 nitrogen and oxygen atoms in total. The van der Waals surface area contributed by atoms with E-state index in [9.17, 15) is 22.7 Å². The van der Waals surface area contributed by atoms with E-state index in [-0.39, 0.29) is 16.4 Å². The van der Waals surface area contributed by atoms with Crippen molar-refractivity contribution in [3.63, 3.8) is 0 Å². The molecule has 4 rings (SSSR count). The van der Waals surface area contributed by atoms with Crippen LogP contribution in [0.15, 0.2) is 77.1 Å². The summed E-state index contributed by atoms with van der Waals surface area (Å²) in [5.74, 6) is 4.01. The lowest BCUT2D eigenvalue weighted by atomic mass is 10.1. The summed E-state index contributed by atoms with van der Waals surface area (Å²) in [6.45, 7) is 0. The fourth-order valence-electron chi connectivity index (χ4n) is 3.09. The molecular formula is C24H17FN2O4S2. The Balaban J connectivity index is 1.51. The van der Waals surface area contributed by atoms with Gasteiger partial charge < -0.3 is 5.11 Å². The van der Waals surface area contributed by atoms with Gasteiger partial charge in [0.2, 0.25) is 0 Å². The van der Waals surface area contributed by atoms with Gasteiger partial charge in [0.1, 0.15) is 16.1 Å². The third kappa shape index (κ3) is 5.62. The maximum atomic E-state index is 13.0. The van der Waals surface area contributed by atoms with Gasteiger partial charge in [0.15, 0.2) is 0 Å². The molecule has 0 bridgehead atoms. The predicted molar refractivity (Wildman–Crippen MR) is 124 cm³/mol. The minimum Gasteiger partial charge on any atom is -0.480 e. The SMILES string of the molecule is O=C(O)[C@@H](Cc1cnc2ccccc2c1)NS(=O)(=O)c1ccc(C#Cc2ccc(F)cc2)s1. The Hall–Kier alpha value is -3.58. The fraction of sp³-hybridized carbons (Fsp3) is 0.0833. The summed E-state index contributed by atoms with van der Waals surface area (Å²) in [7, 11) is -4.08. The normalized spacial score (nSPS) is 12.2. The fourth-order valence-corrected chi connectivity index (χ4v) is 5.45. The van der Waals surface area contributed by atoms with Crippen molar-refractivity contribution in [2.75, 3.05) is 0 Å². The highest BCUT2D eigenvalue weighted by Gasteiger charge is 2.27. The first-order valence-electron chi connectivity index (χ1n) is 9.76. The van der Waals surface area contributed by atoms with Crippen LogP contribution in [0.5, 0.6) is 0 Å². The molecule has 0 spiro atoms. The second-order valence-electron chi connectivity index (χ2n) is 7.13. The zero-order chi connectivity index (χ0) is 23.4. The molecule has 0 radical (unpaired) electrons. The first kappa shape index (κ1) is 22.6. The Morgan fingerprint density at radius 2 is 1.85 bits per heavy atom. The molecule has 0 amide bonds. The van der Waals surface area contributed by atoms with E-state index in [0.717, 1.165) is 22.2 Å². The van der Waals surface area contributed by atoms with E-state index < -0.39 is 22.0 Å². The van der Waals surface area contributed by atoms with Crippen LogP contribution in [0.25, 0.3) is 10.9 Å². The first-order valence-corrected chi connectivity index (χ1v) is 12.1. The molecular weight excluding hydrogens is 463 g/mol. The number of carbonyl (C=O) groups is 1. The summed E-state index contributed by atoms with van der Waals surface area (Å²) >= 11 is 0.921. The Labute approximate surface area is 193 Å². The highest BCUT2D eigenvalue weighted by Crippen LogP contribution is 2.22. The minimum atomic E-state index is -4.08. The molecule has 0 fully saturated rings. The number of rotatable bonds is 6. The molecule has 0 saturated carbocycles. The topological polar surface area (TPSA) is 96.4 Å². The van der Waals surface area contributed by atoms with Gasteiger partial charge in [-0.2, -0.15) is 4.72 Å². The second-order valence-corrected chi connectivity index (χ2v) is 10.2. The third-order valence-corrected chi connectivity index (χ3v) is 7.67. The van der Waals surface area contributed by atoms with Crippen LogP contribution in [-0.4, -0.2) is 30.5 Å². The lowest BCUT2D eigenvalue weighted by Crippen LogP contribution is -2.42. The van der Waals surface area contributed by atoms with Crippen molar-refractivity contribution in [2.24, 2.45) is 0 Å². The van der Waals surface area contributed by atoms with E-state index in [1.165, 1.54) is 30.3 Å². The molecule has 33 heavy (non-hydrogen) atoms. The lowest BCUT2D eigenvalue weighted by Gasteiger charge is -2.14. The average Bonchev–Trinajstić information content (AvgIpc) is 3.28. The number of carboxylic acids is 1. The molecule has 1 atom stereocenters. The van der Waals surface area contributed by atoms with Crippen molar-refractivity contribution in [1.29, 1.82) is 0 Å². The molecule has 0 aliphatic rings. The zero-order valence-corrected chi connectivity index (χ0v) is 18.7. The number of para-hydroxylation sites is 1. The van der Waals surface area contributed by atoms with Gasteiger partial charge in [0.25, 0.3) is 10.0 Å². The number of aromatic nitrogens is 1.